The summed E-state index contributed by atoms with van der Waals surface area (Å²) in [7, 11) is 0. The van der Waals surface area contributed by atoms with Crippen LogP contribution in [0.1, 0.15) is 59.0 Å². The molecule has 0 saturated carbocycles. The van der Waals surface area contributed by atoms with E-state index in [9.17, 15) is 14.4 Å². The summed E-state index contributed by atoms with van der Waals surface area (Å²) in [6.45, 7) is 13.0. The van der Waals surface area contributed by atoms with E-state index >= 15 is 0 Å². The number of carbonyl (C=O) groups is 1. The van der Waals surface area contributed by atoms with Gasteiger partial charge in [0.2, 0.25) is 5.91 Å². The highest BCUT2D eigenvalue weighted by Crippen LogP contribution is 2.20. The summed E-state index contributed by atoms with van der Waals surface area (Å²) < 4.78 is 7.01. The first kappa shape index (κ1) is 25.5. The van der Waals surface area contributed by atoms with Gasteiger partial charge >= 0.3 is 5.69 Å². The van der Waals surface area contributed by atoms with E-state index < -0.39 is 11.2 Å². The van der Waals surface area contributed by atoms with E-state index in [0.717, 1.165) is 17.9 Å². The average Bonchev–Trinajstić information content (AvgIpc) is 3.11. The number of aromatic nitrogens is 2. The maximum absolute atomic E-state index is 13.4. The van der Waals surface area contributed by atoms with Crippen LogP contribution in [0.15, 0.2) is 26.1 Å². The Balaban J connectivity index is 2.41. The Bertz CT molecular complexity index is 1020. The summed E-state index contributed by atoms with van der Waals surface area (Å²) >= 11 is 0. The molecule has 9 nitrogen and oxygen atoms in total. The summed E-state index contributed by atoms with van der Waals surface area (Å²) in [6.07, 6.45) is 1.54. The molecule has 2 aromatic heterocycles. The lowest BCUT2D eigenvalue weighted by atomic mass is 10.2. The Morgan fingerprint density at radius 2 is 1.91 bits per heavy atom. The maximum Gasteiger partial charge on any atom is 0.330 e. The van der Waals surface area contributed by atoms with Gasteiger partial charge in [0.05, 0.1) is 13.1 Å². The minimum absolute atomic E-state index is 0.0228. The lowest BCUT2D eigenvalue weighted by Gasteiger charge is -2.30. The van der Waals surface area contributed by atoms with E-state index in [-0.39, 0.29) is 35.9 Å². The quantitative estimate of drug-likeness (QED) is 0.547. The number of anilines is 2. The molecule has 1 amide bonds. The number of nitrogens with two attached hydrogens (primary N) is 1. The monoisotopic (exact) mass is 447 g/mol. The van der Waals surface area contributed by atoms with Crippen LogP contribution in [-0.2, 0) is 17.9 Å². The second-order valence-corrected chi connectivity index (χ2v) is 8.91. The molecule has 32 heavy (non-hydrogen) atoms. The van der Waals surface area contributed by atoms with Gasteiger partial charge in [-0.2, -0.15) is 0 Å². The van der Waals surface area contributed by atoms with Crippen molar-refractivity contribution in [2.24, 2.45) is 5.92 Å². The topological polar surface area (TPSA) is 118 Å². The Hall–Kier alpha value is -2.81. The zero-order chi connectivity index (χ0) is 24.0. The molecule has 9 heteroatoms. The lowest BCUT2D eigenvalue weighted by Crippen LogP contribution is -2.46. The maximum atomic E-state index is 13.4. The summed E-state index contributed by atoms with van der Waals surface area (Å²) in [5.41, 5.74) is 5.12. The van der Waals surface area contributed by atoms with Gasteiger partial charge in [-0.25, -0.2) is 4.79 Å². The van der Waals surface area contributed by atoms with E-state index in [0.29, 0.717) is 26.1 Å². The van der Waals surface area contributed by atoms with Gasteiger partial charge in [-0.3, -0.25) is 24.0 Å². The number of nitrogens with one attached hydrogen (secondary N) is 1. The first-order valence-corrected chi connectivity index (χ1v) is 11.3. The minimum atomic E-state index is -0.644. The number of nitrogens with zero attached hydrogens (tertiary/aromatic N) is 3. The number of rotatable bonds is 11. The number of hydrogen-bond acceptors (Lipinski definition) is 6. The van der Waals surface area contributed by atoms with Crippen molar-refractivity contribution in [2.45, 2.75) is 73.5 Å². The molecule has 0 atom stereocenters. The summed E-state index contributed by atoms with van der Waals surface area (Å²) in [4.78, 5) is 44.3. The molecular formula is C23H37N5O4. The van der Waals surface area contributed by atoms with E-state index in [1.807, 2.05) is 58.6 Å². The summed E-state index contributed by atoms with van der Waals surface area (Å²) in [6, 6.07) is 3.86. The summed E-state index contributed by atoms with van der Waals surface area (Å²) in [5.74, 6) is 1.50. The molecule has 0 spiro atoms. The van der Waals surface area contributed by atoms with Crippen LogP contribution in [0.2, 0.25) is 0 Å². The van der Waals surface area contributed by atoms with E-state index in [4.69, 9.17) is 10.2 Å². The molecule has 0 aliphatic heterocycles. The third-order valence-corrected chi connectivity index (χ3v) is 5.29. The SMILES string of the molecule is CCCCN(C(=O)CN(Cc1ccc(C)o1)C(C)C)c1c(N)n(CC(C)C)c(=O)[nH]c1=O. The number of aromatic amines is 1. The number of hydrogen-bond donors (Lipinski definition) is 2. The van der Waals surface area contributed by atoms with Crippen LogP contribution in [0.3, 0.4) is 0 Å². The molecule has 2 rings (SSSR count). The highest BCUT2D eigenvalue weighted by atomic mass is 16.3. The fraction of sp³-hybridized carbons (Fsp3) is 0.609. The van der Waals surface area contributed by atoms with Crippen molar-refractivity contribution in [1.82, 2.24) is 14.5 Å². The van der Waals surface area contributed by atoms with Gasteiger partial charge in [0.25, 0.3) is 5.56 Å². The standard InChI is InChI=1S/C23H37N5O4/c1-7-8-11-27(20-21(24)28(12-15(2)3)23(31)25-22(20)30)19(29)14-26(16(4)5)13-18-10-9-17(6)32-18/h9-10,15-16H,7-8,11-14,24H2,1-6H3,(H,25,30,31). The van der Waals surface area contributed by atoms with Gasteiger partial charge < -0.3 is 15.1 Å². The van der Waals surface area contributed by atoms with Gasteiger partial charge in [-0.05, 0) is 45.2 Å². The van der Waals surface area contributed by atoms with E-state index in [2.05, 4.69) is 4.98 Å². The Labute approximate surface area is 189 Å². The van der Waals surface area contributed by atoms with Crippen molar-refractivity contribution in [3.05, 3.63) is 44.5 Å². The van der Waals surface area contributed by atoms with Crippen LogP contribution in [0.25, 0.3) is 0 Å². The third kappa shape index (κ3) is 6.35. The molecular weight excluding hydrogens is 410 g/mol. The van der Waals surface area contributed by atoms with Crippen molar-refractivity contribution in [1.29, 1.82) is 0 Å². The molecule has 0 saturated heterocycles. The van der Waals surface area contributed by atoms with Crippen molar-refractivity contribution in [3.63, 3.8) is 0 Å². The second kappa shape index (κ2) is 11.2. The fourth-order valence-electron chi connectivity index (χ4n) is 3.51. The Kier molecular flexibility index (Phi) is 8.89. The molecule has 2 heterocycles. The van der Waals surface area contributed by atoms with Gasteiger partial charge in [0.15, 0.2) is 5.69 Å². The third-order valence-electron chi connectivity index (χ3n) is 5.29. The fourth-order valence-corrected chi connectivity index (χ4v) is 3.51. The number of carbonyl (C=O) groups excluding carboxylic acids is 1. The molecule has 0 unspecified atom stereocenters. The van der Waals surface area contributed by atoms with E-state index in [1.165, 1.54) is 9.47 Å². The highest BCUT2D eigenvalue weighted by Gasteiger charge is 2.26. The predicted octanol–water partition coefficient (Wildman–Crippen LogP) is 2.72. The van der Waals surface area contributed by atoms with Crippen LogP contribution in [-0.4, -0.2) is 39.5 Å². The molecule has 0 fully saturated rings. The molecule has 0 aliphatic rings. The van der Waals surface area contributed by atoms with Crippen molar-refractivity contribution in [2.75, 3.05) is 23.7 Å². The number of amides is 1. The van der Waals surface area contributed by atoms with Crippen molar-refractivity contribution >= 4 is 17.4 Å². The van der Waals surface area contributed by atoms with Gasteiger partial charge in [0, 0.05) is 19.1 Å². The van der Waals surface area contributed by atoms with Crippen LogP contribution in [0.4, 0.5) is 11.5 Å². The number of aryl methyl sites for hydroxylation is 1. The molecule has 3 N–H and O–H groups in total. The number of furan rings is 1. The van der Waals surface area contributed by atoms with Crippen molar-refractivity contribution < 1.29 is 9.21 Å². The molecule has 0 bridgehead atoms. The van der Waals surface area contributed by atoms with Crippen LogP contribution in [0.5, 0.6) is 0 Å². The first-order chi connectivity index (χ1) is 15.0. The molecule has 0 aromatic carbocycles. The number of H-pyrrole nitrogens is 1. The molecule has 2 aromatic rings. The molecule has 0 aliphatic carbocycles. The highest BCUT2D eigenvalue weighted by molar-refractivity contribution is 5.96. The average molecular weight is 448 g/mol. The molecule has 178 valence electrons. The Morgan fingerprint density at radius 1 is 1.22 bits per heavy atom. The van der Waals surface area contributed by atoms with Crippen LogP contribution < -0.4 is 21.9 Å². The largest absolute Gasteiger partial charge is 0.465 e. The Morgan fingerprint density at radius 3 is 2.44 bits per heavy atom. The minimum Gasteiger partial charge on any atom is -0.465 e. The van der Waals surface area contributed by atoms with Crippen LogP contribution >= 0.6 is 0 Å². The number of unbranched alkanes of at least 4 members (excludes halogenated alkanes) is 1. The van der Waals surface area contributed by atoms with Gasteiger partial charge in [-0.1, -0.05) is 27.2 Å². The number of nitrogen functional groups attached to an aromatic ring is 1. The first-order valence-electron chi connectivity index (χ1n) is 11.3. The van der Waals surface area contributed by atoms with E-state index in [1.54, 1.807) is 0 Å². The van der Waals surface area contributed by atoms with Crippen molar-refractivity contribution in [3.8, 4) is 0 Å². The molecule has 0 radical (unpaired) electrons. The smallest absolute Gasteiger partial charge is 0.330 e. The van der Waals surface area contributed by atoms with Gasteiger partial charge in [-0.15, -0.1) is 0 Å². The van der Waals surface area contributed by atoms with Crippen LogP contribution in [0, 0.1) is 12.8 Å². The second-order valence-electron chi connectivity index (χ2n) is 8.91. The van der Waals surface area contributed by atoms with Gasteiger partial charge in [0.1, 0.15) is 17.3 Å². The zero-order valence-corrected chi connectivity index (χ0v) is 20.1. The predicted molar refractivity (Wildman–Crippen MR) is 127 cm³/mol. The zero-order valence-electron chi connectivity index (χ0n) is 20.1. The normalized spacial score (nSPS) is 11.7. The summed E-state index contributed by atoms with van der Waals surface area (Å²) in [5, 5.41) is 0. The lowest BCUT2D eigenvalue weighted by molar-refractivity contribution is -0.120.